The number of Topliss-reactive ketones (excluding diaryl/α,β-unsaturated/α-hetero) is 1. The molecule has 0 amide bonds. The van der Waals surface area contributed by atoms with Gasteiger partial charge < -0.3 is 5.32 Å². The minimum atomic E-state index is 0.259. The zero-order valence-corrected chi connectivity index (χ0v) is 8.75. The maximum Gasteiger partial charge on any atom is 0.146 e. The fourth-order valence-electron chi connectivity index (χ4n) is 1.28. The van der Waals surface area contributed by atoms with Gasteiger partial charge >= 0.3 is 0 Å². The van der Waals surface area contributed by atoms with E-state index in [0.717, 1.165) is 12.3 Å². The van der Waals surface area contributed by atoms with E-state index in [1.807, 2.05) is 11.8 Å². The van der Waals surface area contributed by atoms with Crippen LogP contribution in [0.25, 0.3) is 0 Å². The van der Waals surface area contributed by atoms with E-state index < -0.39 is 0 Å². The third kappa shape index (κ3) is 4.35. The third-order valence-electron chi connectivity index (χ3n) is 1.93. The van der Waals surface area contributed by atoms with E-state index in [9.17, 15) is 4.79 Å². The first kappa shape index (κ1) is 10.6. The van der Waals surface area contributed by atoms with Gasteiger partial charge in [0.2, 0.25) is 0 Å². The highest BCUT2D eigenvalue weighted by Gasteiger charge is 2.15. The molecule has 1 N–H and O–H groups in total. The van der Waals surface area contributed by atoms with Crippen molar-refractivity contribution in [3.8, 4) is 11.8 Å². The van der Waals surface area contributed by atoms with Gasteiger partial charge in [-0.3, -0.25) is 4.79 Å². The molecule has 1 rings (SSSR count). The number of rotatable bonds is 3. The van der Waals surface area contributed by atoms with Crippen molar-refractivity contribution in [3.05, 3.63) is 0 Å². The Morgan fingerprint density at radius 1 is 1.69 bits per heavy atom. The highest BCUT2D eigenvalue weighted by molar-refractivity contribution is 7.99. The molecule has 0 aromatic rings. The summed E-state index contributed by atoms with van der Waals surface area (Å²) in [5.74, 6) is 8.03. The summed E-state index contributed by atoms with van der Waals surface area (Å²) in [5, 5.41) is 3.34. The van der Waals surface area contributed by atoms with Gasteiger partial charge in [0, 0.05) is 30.5 Å². The Labute approximate surface area is 83.9 Å². The van der Waals surface area contributed by atoms with E-state index >= 15 is 0 Å². The van der Waals surface area contributed by atoms with Crippen molar-refractivity contribution < 1.29 is 4.79 Å². The highest BCUT2D eigenvalue weighted by Crippen LogP contribution is 2.10. The van der Waals surface area contributed by atoms with Gasteiger partial charge in [-0.05, 0) is 6.92 Å². The SMILES string of the molecule is CC#CCC(=O)CC1CSCCN1. The highest BCUT2D eigenvalue weighted by atomic mass is 32.2. The normalized spacial score (nSPS) is 21.8. The number of hydrogen-bond acceptors (Lipinski definition) is 3. The minimum Gasteiger partial charge on any atom is -0.312 e. The van der Waals surface area contributed by atoms with E-state index in [1.165, 1.54) is 5.75 Å². The lowest BCUT2D eigenvalue weighted by Crippen LogP contribution is -2.38. The molecular formula is C10H15NOS. The quantitative estimate of drug-likeness (QED) is 0.686. The summed E-state index contributed by atoms with van der Waals surface area (Å²) in [6.45, 7) is 2.80. The van der Waals surface area contributed by atoms with Crippen LogP contribution < -0.4 is 5.32 Å². The van der Waals surface area contributed by atoms with Gasteiger partial charge in [0.15, 0.2) is 0 Å². The number of nitrogens with one attached hydrogen (secondary N) is 1. The Morgan fingerprint density at radius 2 is 2.54 bits per heavy atom. The first-order valence-electron chi connectivity index (χ1n) is 4.55. The van der Waals surface area contributed by atoms with Crippen molar-refractivity contribution in [1.29, 1.82) is 0 Å². The number of hydrogen-bond donors (Lipinski definition) is 1. The topological polar surface area (TPSA) is 29.1 Å². The zero-order valence-electron chi connectivity index (χ0n) is 7.93. The van der Waals surface area contributed by atoms with Crippen molar-refractivity contribution >= 4 is 17.5 Å². The van der Waals surface area contributed by atoms with E-state index in [2.05, 4.69) is 17.2 Å². The van der Waals surface area contributed by atoms with Gasteiger partial charge in [-0.1, -0.05) is 5.92 Å². The minimum absolute atomic E-state index is 0.259. The molecule has 2 nitrogen and oxygen atoms in total. The van der Waals surface area contributed by atoms with Gasteiger partial charge in [0.25, 0.3) is 0 Å². The van der Waals surface area contributed by atoms with Crippen LogP contribution in [0.2, 0.25) is 0 Å². The van der Waals surface area contributed by atoms with Crippen LogP contribution in [0, 0.1) is 11.8 Å². The second kappa shape index (κ2) is 6.06. The Hall–Kier alpha value is -0.460. The summed E-state index contributed by atoms with van der Waals surface area (Å²) in [6, 6.07) is 0.380. The molecule has 1 saturated heterocycles. The van der Waals surface area contributed by atoms with Crippen LogP contribution in [0.15, 0.2) is 0 Å². The first-order chi connectivity index (χ1) is 6.33. The molecule has 0 bridgehead atoms. The van der Waals surface area contributed by atoms with Crippen molar-refractivity contribution in [1.82, 2.24) is 5.32 Å². The number of carbonyl (C=O) groups excluding carboxylic acids is 1. The number of thioether (sulfide) groups is 1. The average Bonchev–Trinajstić information content (AvgIpc) is 2.16. The van der Waals surface area contributed by atoms with Crippen molar-refractivity contribution in [2.75, 3.05) is 18.1 Å². The molecule has 1 unspecified atom stereocenters. The van der Waals surface area contributed by atoms with Gasteiger partial charge in [-0.15, -0.1) is 5.92 Å². The predicted molar refractivity (Wildman–Crippen MR) is 56.8 cm³/mol. The first-order valence-corrected chi connectivity index (χ1v) is 5.71. The second-order valence-corrected chi connectivity index (χ2v) is 4.22. The van der Waals surface area contributed by atoms with Crippen LogP contribution in [0.1, 0.15) is 19.8 Å². The molecule has 1 fully saturated rings. The molecule has 13 heavy (non-hydrogen) atoms. The summed E-state index contributed by atoms with van der Waals surface area (Å²) in [7, 11) is 0. The molecule has 72 valence electrons. The lowest BCUT2D eigenvalue weighted by Gasteiger charge is -2.21. The van der Waals surface area contributed by atoms with E-state index in [-0.39, 0.29) is 5.78 Å². The van der Waals surface area contributed by atoms with Crippen LogP contribution >= 0.6 is 11.8 Å². The Kier molecular flexibility index (Phi) is 4.95. The largest absolute Gasteiger partial charge is 0.312 e. The number of carbonyl (C=O) groups is 1. The van der Waals surface area contributed by atoms with Gasteiger partial charge in [-0.2, -0.15) is 11.8 Å². The number of ketones is 1. The molecule has 0 aromatic heterocycles. The van der Waals surface area contributed by atoms with E-state index in [0.29, 0.717) is 18.9 Å². The summed E-state index contributed by atoms with van der Waals surface area (Å²) in [4.78, 5) is 11.3. The molecule has 0 spiro atoms. The lowest BCUT2D eigenvalue weighted by atomic mass is 10.1. The fraction of sp³-hybridized carbons (Fsp3) is 0.700. The Bertz CT molecular complexity index is 223. The maximum atomic E-state index is 11.3. The van der Waals surface area contributed by atoms with Crippen LogP contribution in [0.5, 0.6) is 0 Å². The molecular weight excluding hydrogens is 182 g/mol. The van der Waals surface area contributed by atoms with E-state index in [4.69, 9.17) is 0 Å². The monoisotopic (exact) mass is 197 g/mol. The van der Waals surface area contributed by atoms with Crippen LogP contribution in [0.4, 0.5) is 0 Å². The smallest absolute Gasteiger partial charge is 0.146 e. The lowest BCUT2D eigenvalue weighted by molar-refractivity contribution is -0.118. The van der Waals surface area contributed by atoms with Gasteiger partial charge in [-0.25, -0.2) is 0 Å². The molecule has 1 atom stereocenters. The zero-order chi connectivity index (χ0) is 9.52. The Balaban J connectivity index is 2.20. The maximum absolute atomic E-state index is 11.3. The summed E-state index contributed by atoms with van der Waals surface area (Å²) >= 11 is 1.92. The van der Waals surface area contributed by atoms with E-state index in [1.54, 1.807) is 6.92 Å². The van der Waals surface area contributed by atoms with Crippen molar-refractivity contribution in [2.45, 2.75) is 25.8 Å². The molecule has 1 aliphatic rings. The van der Waals surface area contributed by atoms with Crippen LogP contribution in [0.3, 0.4) is 0 Å². The fourth-order valence-corrected chi connectivity index (χ4v) is 2.23. The van der Waals surface area contributed by atoms with Gasteiger partial charge in [0.1, 0.15) is 5.78 Å². The Morgan fingerprint density at radius 3 is 3.15 bits per heavy atom. The predicted octanol–water partition coefficient (Wildman–Crippen LogP) is 1.06. The molecule has 1 heterocycles. The standard InChI is InChI=1S/C10H15NOS/c1-2-3-4-10(12)7-9-8-13-6-5-11-9/h9,11H,4-8H2,1H3. The van der Waals surface area contributed by atoms with Crippen LogP contribution in [-0.2, 0) is 4.79 Å². The molecule has 0 saturated carbocycles. The molecule has 0 radical (unpaired) electrons. The van der Waals surface area contributed by atoms with Gasteiger partial charge in [0.05, 0.1) is 6.42 Å². The average molecular weight is 197 g/mol. The van der Waals surface area contributed by atoms with Crippen molar-refractivity contribution in [2.24, 2.45) is 0 Å². The third-order valence-corrected chi connectivity index (χ3v) is 3.07. The van der Waals surface area contributed by atoms with Crippen molar-refractivity contribution in [3.63, 3.8) is 0 Å². The van der Waals surface area contributed by atoms with Crippen LogP contribution in [-0.4, -0.2) is 29.9 Å². The molecule has 0 aliphatic carbocycles. The molecule has 3 heteroatoms. The molecule has 1 aliphatic heterocycles. The summed E-state index contributed by atoms with van der Waals surface area (Å²) in [6.07, 6.45) is 1.06. The summed E-state index contributed by atoms with van der Waals surface area (Å²) in [5.41, 5.74) is 0. The second-order valence-electron chi connectivity index (χ2n) is 3.07. The summed E-state index contributed by atoms with van der Waals surface area (Å²) < 4.78 is 0. The molecule has 0 aromatic carbocycles.